The summed E-state index contributed by atoms with van der Waals surface area (Å²) in [5, 5.41) is 0. The predicted molar refractivity (Wildman–Crippen MR) is 97.4 cm³/mol. The second-order valence-corrected chi connectivity index (χ2v) is 8.46. The molecule has 1 heterocycles. The molecule has 1 fully saturated rings. The number of hydrogen-bond acceptors (Lipinski definition) is 3. The summed E-state index contributed by atoms with van der Waals surface area (Å²) in [5.74, 6) is 0.425. The highest BCUT2D eigenvalue weighted by atomic mass is 32.2. The molecule has 0 aliphatic carbocycles. The number of rotatable bonds is 6. The number of aryl methyl sites for hydroxylation is 1. The average molecular weight is 379 g/mol. The number of ether oxygens (including phenoxy) is 1. The van der Waals surface area contributed by atoms with Crippen LogP contribution in [0.3, 0.4) is 0 Å². The summed E-state index contributed by atoms with van der Waals surface area (Å²) in [5.41, 5.74) is 1.16. The van der Waals surface area contributed by atoms with Crippen LogP contribution in [0, 0.1) is 12.7 Å². The van der Waals surface area contributed by atoms with Gasteiger partial charge in [-0.25, -0.2) is 12.8 Å². The lowest BCUT2D eigenvalue weighted by Gasteiger charge is -2.31. The van der Waals surface area contributed by atoms with Gasteiger partial charge in [-0.2, -0.15) is 4.31 Å². The van der Waals surface area contributed by atoms with Crippen molar-refractivity contribution < 1.29 is 22.4 Å². The zero-order valence-corrected chi connectivity index (χ0v) is 15.6. The first-order valence-electron chi connectivity index (χ1n) is 8.74. The molecule has 26 heavy (non-hydrogen) atoms. The van der Waals surface area contributed by atoms with Crippen molar-refractivity contribution in [2.24, 2.45) is 0 Å². The van der Waals surface area contributed by atoms with Gasteiger partial charge in [-0.15, -0.1) is 0 Å². The molecule has 5 nitrogen and oxygen atoms in total. The van der Waals surface area contributed by atoms with E-state index in [4.69, 9.17) is 4.74 Å². The van der Waals surface area contributed by atoms with Gasteiger partial charge in [0.25, 0.3) is 0 Å². The maximum atomic E-state index is 13.0. The highest BCUT2D eigenvalue weighted by Gasteiger charge is 2.30. The summed E-state index contributed by atoms with van der Waals surface area (Å²) in [6.07, 6.45) is 0. The zero-order chi connectivity index (χ0) is 18.6. The first-order chi connectivity index (χ1) is 12.4. The number of sulfonamides is 1. The fraction of sp³-hybridized carbons (Fsp3) is 0.368. The summed E-state index contributed by atoms with van der Waals surface area (Å²) in [4.78, 5) is 1.47. The molecule has 1 aliphatic heterocycles. The summed E-state index contributed by atoms with van der Waals surface area (Å²) in [7, 11) is -3.55. The Morgan fingerprint density at radius 3 is 2.46 bits per heavy atom. The van der Waals surface area contributed by atoms with Crippen LogP contribution >= 0.6 is 0 Å². The minimum Gasteiger partial charge on any atom is -0.488 e. The first-order valence-corrected chi connectivity index (χ1v) is 10.2. The van der Waals surface area contributed by atoms with Crippen LogP contribution in [0.5, 0.6) is 5.75 Å². The van der Waals surface area contributed by atoms with Crippen molar-refractivity contribution in [2.45, 2.75) is 11.8 Å². The Morgan fingerprint density at radius 1 is 1.12 bits per heavy atom. The molecule has 0 saturated carbocycles. The lowest BCUT2D eigenvalue weighted by Crippen LogP contribution is -3.15. The molecule has 1 saturated heterocycles. The van der Waals surface area contributed by atoms with E-state index in [1.54, 1.807) is 0 Å². The molecule has 0 radical (unpaired) electrons. The third-order valence-corrected chi connectivity index (χ3v) is 6.51. The lowest BCUT2D eigenvalue weighted by atomic mass is 10.2. The van der Waals surface area contributed by atoms with Gasteiger partial charge in [0.2, 0.25) is 10.0 Å². The fourth-order valence-electron chi connectivity index (χ4n) is 3.07. The highest BCUT2D eigenvalue weighted by Crippen LogP contribution is 2.16. The van der Waals surface area contributed by atoms with E-state index in [9.17, 15) is 12.8 Å². The molecular formula is C19H24FN2O3S+. The highest BCUT2D eigenvalue weighted by molar-refractivity contribution is 7.89. The average Bonchev–Trinajstić information content (AvgIpc) is 2.63. The largest absolute Gasteiger partial charge is 0.488 e. The Hall–Kier alpha value is -1.96. The minimum absolute atomic E-state index is 0.144. The number of nitrogens with one attached hydrogen (secondary N) is 1. The molecule has 0 spiro atoms. The van der Waals surface area contributed by atoms with E-state index >= 15 is 0 Å². The molecule has 1 N–H and O–H groups in total. The second kappa shape index (κ2) is 8.16. The monoisotopic (exact) mass is 379 g/mol. The van der Waals surface area contributed by atoms with Crippen molar-refractivity contribution in [3.63, 3.8) is 0 Å². The number of piperazine rings is 1. The Bertz CT molecular complexity index is 832. The van der Waals surface area contributed by atoms with Gasteiger partial charge in [-0.1, -0.05) is 12.1 Å². The van der Waals surface area contributed by atoms with Crippen molar-refractivity contribution in [1.29, 1.82) is 0 Å². The topological polar surface area (TPSA) is 51.1 Å². The summed E-state index contributed by atoms with van der Waals surface area (Å²) < 4.78 is 45.5. The van der Waals surface area contributed by atoms with Gasteiger partial charge < -0.3 is 9.64 Å². The van der Waals surface area contributed by atoms with E-state index in [2.05, 4.69) is 0 Å². The third-order valence-electron chi connectivity index (χ3n) is 4.59. The van der Waals surface area contributed by atoms with Gasteiger partial charge in [0.1, 0.15) is 24.7 Å². The van der Waals surface area contributed by atoms with Gasteiger partial charge in [0.15, 0.2) is 0 Å². The van der Waals surface area contributed by atoms with E-state index < -0.39 is 15.8 Å². The standard InChI is InChI=1S/C19H23FN2O3S/c1-16-3-2-4-18(15-16)25-14-13-21-9-11-22(12-10-21)26(23,24)19-7-5-17(20)6-8-19/h2-8,15H,9-14H2,1H3/p+1. The van der Waals surface area contributed by atoms with Crippen LogP contribution in [-0.2, 0) is 10.0 Å². The Labute approximate surface area is 154 Å². The molecule has 1 aliphatic rings. The number of benzene rings is 2. The molecule has 7 heteroatoms. The molecule has 3 rings (SSSR count). The molecule has 2 aromatic rings. The van der Waals surface area contributed by atoms with Crippen LogP contribution in [-0.4, -0.2) is 52.1 Å². The van der Waals surface area contributed by atoms with E-state index in [-0.39, 0.29) is 4.90 Å². The van der Waals surface area contributed by atoms with Crippen molar-refractivity contribution >= 4 is 10.0 Å². The zero-order valence-electron chi connectivity index (χ0n) is 14.8. The molecule has 0 atom stereocenters. The maximum Gasteiger partial charge on any atom is 0.243 e. The van der Waals surface area contributed by atoms with Crippen LogP contribution in [0.4, 0.5) is 4.39 Å². The molecule has 140 valence electrons. The van der Waals surface area contributed by atoms with E-state index in [1.807, 2.05) is 31.2 Å². The number of nitrogens with zero attached hydrogens (tertiary/aromatic N) is 1. The lowest BCUT2D eigenvalue weighted by molar-refractivity contribution is -0.903. The van der Waals surface area contributed by atoms with Crippen LogP contribution in [0.1, 0.15) is 5.56 Å². The number of halogens is 1. The predicted octanol–water partition coefficient (Wildman–Crippen LogP) is 1.10. The Balaban J connectivity index is 1.48. The molecule has 0 bridgehead atoms. The van der Waals surface area contributed by atoms with Gasteiger partial charge in [0.05, 0.1) is 31.1 Å². The van der Waals surface area contributed by atoms with Crippen molar-refractivity contribution in [3.05, 3.63) is 59.9 Å². The SMILES string of the molecule is Cc1cccc(OCC[NH+]2CCN(S(=O)(=O)c3ccc(F)cc3)CC2)c1. The van der Waals surface area contributed by atoms with E-state index in [1.165, 1.54) is 33.5 Å². The van der Waals surface area contributed by atoms with Gasteiger partial charge in [-0.3, -0.25) is 0 Å². The summed E-state index contributed by atoms with van der Waals surface area (Å²) in [6.45, 7) is 5.84. The maximum absolute atomic E-state index is 13.0. The van der Waals surface area contributed by atoms with Crippen LogP contribution < -0.4 is 9.64 Å². The summed E-state index contributed by atoms with van der Waals surface area (Å²) in [6, 6.07) is 12.9. The van der Waals surface area contributed by atoms with Gasteiger partial charge in [0, 0.05) is 0 Å². The molecule has 2 aromatic carbocycles. The number of quaternary nitrogens is 1. The smallest absolute Gasteiger partial charge is 0.243 e. The third kappa shape index (κ3) is 4.60. The minimum atomic E-state index is -3.55. The molecular weight excluding hydrogens is 355 g/mol. The summed E-state index contributed by atoms with van der Waals surface area (Å²) >= 11 is 0. The number of hydrogen-bond donors (Lipinski definition) is 1. The Morgan fingerprint density at radius 2 is 1.81 bits per heavy atom. The van der Waals surface area contributed by atoms with Crippen LogP contribution in [0.15, 0.2) is 53.4 Å². The van der Waals surface area contributed by atoms with Gasteiger partial charge in [-0.05, 0) is 48.9 Å². The second-order valence-electron chi connectivity index (χ2n) is 6.52. The van der Waals surface area contributed by atoms with Crippen molar-refractivity contribution in [2.75, 3.05) is 39.3 Å². The van der Waals surface area contributed by atoms with Gasteiger partial charge >= 0.3 is 0 Å². The normalized spacial score (nSPS) is 16.5. The van der Waals surface area contributed by atoms with Crippen molar-refractivity contribution in [1.82, 2.24) is 4.31 Å². The van der Waals surface area contributed by atoms with E-state index in [0.29, 0.717) is 19.7 Å². The molecule has 0 unspecified atom stereocenters. The van der Waals surface area contributed by atoms with E-state index in [0.717, 1.165) is 30.9 Å². The first kappa shape index (κ1) is 18.8. The Kier molecular flexibility index (Phi) is 5.90. The molecule has 0 amide bonds. The quantitative estimate of drug-likeness (QED) is 0.818. The fourth-order valence-corrected chi connectivity index (χ4v) is 4.51. The van der Waals surface area contributed by atoms with Crippen LogP contribution in [0.25, 0.3) is 0 Å². The molecule has 0 aromatic heterocycles. The van der Waals surface area contributed by atoms with Crippen LogP contribution in [0.2, 0.25) is 0 Å². The van der Waals surface area contributed by atoms with Crippen molar-refractivity contribution in [3.8, 4) is 5.75 Å².